The zero-order chi connectivity index (χ0) is 15.8. The molecule has 1 rings (SSSR count). The molecule has 1 aromatic carbocycles. The molecule has 0 saturated carbocycles. The van der Waals surface area contributed by atoms with Gasteiger partial charge in [-0.25, -0.2) is 0 Å². The van der Waals surface area contributed by atoms with Crippen LogP contribution < -0.4 is 5.32 Å². The molecule has 0 fully saturated rings. The van der Waals surface area contributed by atoms with E-state index < -0.39 is 5.97 Å². The minimum atomic E-state index is -0.803. The van der Waals surface area contributed by atoms with Crippen molar-refractivity contribution in [2.75, 3.05) is 18.4 Å². The van der Waals surface area contributed by atoms with Crippen molar-refractivity contribution in [1.29, 1.82) is 0 Å². The van der Waals surface area contributed by atoms with Crippen LogP contribution in [0.1, 0.15) is 32.3 Å². The van der Waals surface area contributed by atoms with E-state index in [0.29, 0.717) is 13.0 Å². The van der Waals surface area contributed by atoms with Crippen molar-refractivity contribution in [3.05, 3.63) is 29.8 Å². The molecule has 0 aliphatic heterocycles. The number of nitrogens with zero attached hydrogens (tertiary/aromatic N) is 1. The summed E-state index contributed by atoms with van der Waals surface area (Å²) >= 11 is 0. The van der Waals surface area contributed by atoms with E-state index in [1.54, 1.807) is 0 Å². The Balaban J connectivity index is 2.50. The van der Waals surface area contributed by atoms with Gasteiger partial charge in [0.05, 0.1) is 6.54 Å². The standard InChI is InChI=1S/C16H24N2O3/c1-12(2)18(9-5-8-16(20)21)11-15(19)17-14-7-4-6-13(3)10-14/h4,6-7,10,12H,5,8-9,11H2,1-3H3,(H,17,19)(H,20,21). The average Bonchev–Trinajstić information content (AvgIpc) is 2.36. The Morgan fingerprint density at radius 3 is 2.62 bits per heavy atom. The minimum absolute atomic E-state index is 0.0791. The topological polar surface area (TPSA) is 69.6 Å². The third-order valence-corrected chi connectivity index (χ3v) is 3.21. The van der Waals surface area contributed by atoms with Gasteiger partial charge in [-0.15, -0.1) is 0 Å². The maximum atomic E-state index is 12.1. The van der Waals surface area contributed by atoms with E-state index in [0.717, 1.165) is 11.3 Å². The van der Waals surface area contributed by atoms with Crippen molar-refractivity contribution in [1.82, 2.24) is 4.90 Å². The van der Waals surface area contributed by atoms with Crippen molar-refractivity contribution in [3.63, 3.8) is 0 Å². The fourth-order valence-electron chi connectivity index (χ4n) is 2.06. The number of aliphatic carboxylic acids is 1. The minimum Gasteiger partial charge on any atom is -0.481 e. The molecule has 0 aliphatic rings. The van der Waals surface area contributed by atoms with E-state index in [-0.39, 0.29) is 24.9 Å². The zero-order valence-corrected chi connectivity index (χ0v) is 12.9. The molecular weight excluding hydrogens is 268 g/mol. The van der Waals surface area contributed by atoms with Gasteiger partial charge in [0, 0.05) is 18.2 Å². The van der Waals surface area contributed by atoms with Crippen LogP contribution in [0.15, 0.2) is 24.3 Å². The third-order valence-electron chi connectivity index (χ3n) is 3.21. The second-order valence-corrected chi connectivity index (χ2v) is 5.48. The molecule has 2 N–H and O–H groups in total. The van der Waals surface area contributed by atoms with E-state index in [2.05, 4.69) is 5.32 Å². The van der Waals surface area contributed by atoms with Gasteiger partial charge in [-0.3, -0.25) is 14.5 Å². The number of hydrogen-bond donors (Lipinski definition) is 2. The van der Waals surface area contributed by atoms with Crippen LogP contribution in [0, 0.1) is 6.92 Å². The van der Waals surface area contributed by atoms with Crippen molar-refractivity contribution in [2.45, 2.75) is 39.7 Å². The second-order valence-electron chi connectivity index (χ2n) is 5.48. The van der Waals surface area contributed by atoms with Crippen LogP contribution in [0.25, 0.3) is 0 Å². The molecule has 0 radical (unpaired) electrons. The molecule has 116 valence electrons. The summed E-state index contributed by atoms with van der Waals surface area (Å²) in [6.07, 6.45) is 0.675. The summed E-state index contributed by atoms with van der Waals surface area (Å²) < 4.78 is 0. The van der Waals surface area contributed by atoms with E-state index in [1.807, 2.05) is 49.9 Å². The first kappa shape index (κ1) is 17.2. The third kappa shape index (κ3) is 6.90. The Labute approximate surface area is 126 Å². The van der Waals surface area contributed by atoms with Gasteiger partial charge >= 0.3 is 5.97 Å². The summed E-state index contributed by atoms with van der Waals surface area (Å²) in [5, 5.41) is 11.5. The highest BCUT2D eigenvalue weighted by Crippen LogP contribution is 2.10. The number of aryl methyl sites for hydroxylation is 1. The normalized spacial score (nSPS) is 10.9. The highest BCUT2D eigenvalue weighted by Gasteiger charge is 2.14. The van der Waals surface area contributed by atoms with Crippen molar-refractivity contribution in [2.24, 2.45) is 0 Å². The van der Waals surface area contributed by atoms with Gasteiger partial charge in [-0.05, 0) is 51.4 Å². The first-order valence-corrected chi connectivity index (χ1v) is 7.21. The van der Waals surface area contributed by atoms with Crippen LogP contribution in [0.4, 0.5) is 5.69 Å². The molecule has 1 amide bonds. The Morgan fingerprint density at radius 1 is 1.33 bits per heavy atom. The summed E-state index contributed by atoms with van der Waals surface area (Å²) in [5.74, 6) is -0.882. The lowest BCUT2D eigenvalue weighted by atomic mass is 10.2. The lowest BCUT2D eigenvalue weighted by Crippen LogP contribution is -2.38. The van der Waals surface area contributed by atoms with Crippen LogP contribution in [-0.2, 0) is 9.59 Å². The largest absolute Gasteiger partial charge is 0.481 e. The number of rotatable bonds is 8. The van der Waals surface area contributed by atoms with Gasteiger partial charge in [0.25, 0.3) is 0 Å². The average molecular weight is 292 g/mol. The van der Waals surface area contributed by atoms with Gasteiger partial charge in [0.15, 0.2) is 0 Å². The smallest absolute Gasteiger partial charge is 0.303 e. The predicted molar refractivity (Wildman–Crippen MR) is 83.4 cm³/mol. The fraction of sp³-hybridized carbons (Fsp3) is 0.500. The second kappa shape index (κ2) is 8.42. The molecule has 1 aromatic rings. The molecule has 0 heterocycles. The van der Waals surface area contributed by atoms with Gasteiger partial charge in [-0.2, -0.15) is 0 Å². The number of carboxylic acid groups (broad SMARTS) is 1. The summed E-state index contributed by atoms with van der Waals surface area (Å²) in [6.45, 7) is 6.85. The van der Waals surface area contributed by atoms with E-state index in [1.165, 1.54) is 0 Å². The van der Waals surface area contributed by atoms with Crippen LogP contribution in [0.2, 0.25) is 0 Å². The summed E-state index contributed by atoms with van der Waals surface area (Å²) in [4.78, 5) is 24.6. The van der Waals surface area contributed by atoms with Gasteiger partial charge in [0.1, 0.15) is 0 Å². The van der Waals surface area contributed by atoms with Crippen LogP contribution in [-0.4, -0.2) is 41.0 Å². The fourth-order valence-corrected chi connectivity index (χ4v) is 2.06. The first-order chi connectivity index (χ1) is 9.88. The number of hydrogen-bond acceptors (Lipinski definition) is 3. The molecule has 0 saturated heterocycles. The Hall–Kier alpha value is -1.88. The number of carbonyl (C=O) groups is 2. The SMILES string of the molecule is Cc1cccc(NC(=O)CN(CCCC(=O)O)C(C)C)c1. The molecule has 0 aromatic heterocycles. The highest BCUT2D eigenvalue weighted by atomic mass is 16.4. The van der Waals surface area contributed by atoms with Gasteiger partial charge in [-0.1, -0.05) is 12.1 Å². The molecule has 5 heteroatoms. The Kier molecular flexibility index (Phi) is 6.88. The highest BCUT2D eigenvalue weighted by molar-refractivity contribution is 5.92. The Bertz CT molecular complexity index is 486. The van der Waals surface area contributed by atoms with E-state index in [4.69, 9.17) is 5.11 Å². The quantitative estimate of drug-likeness (QED) is 0.772. The van der Waals surface area contributed by atoms with Crippen molar-refractivity contribution >= 4 is 17.6 Å². The lowest BCUT2D eigenvalue weighted by Gasteiger charge is -2.25. The number of amides is 1. The first-order valence-electron chi connectivity index (χ1n) is 7.21. The predicted octanol–water partition coefficient (Wildman–Crippen LogP) is 2.51. The summed E-state index contributed by atoms with van der Waals surface area (Å²) in [5.41, 5.74) is 1.88. The van der Waals surface area contributed by atoms with Crippen LogP contribution >= 0.6 is 0 Å². The molecule has 0 aliphatic carbocycles. The van der Waals surface area contributed by atoms with Gasteiger partial charge in [0.2, 0.25) is 5.91 Å². The molecule has 0 bridgehead atoms. The maximum Gasteiger partial charge on any atom is 0.303 e. The summed E-state index contributed by atoms with van der Waals surface area (Å²) in [7, 11) is 0. The molecular formula is C16H24N2O3. The summed E-state index contributed by atoms with van der Waals surface area (Å²) in [6, 6.07) is 7.85. The van der Waals surface area contributed by atoms with E-state index >= 15 is 0 Å². The lowest BCUT2D eigenvalue weighted by molar-refractivity contribution is -0.137. The monoisotopic (exact) mass is 292 g/mol. The Morgan fingerprint density at radius 2 is 2.05 bits per heavy atom. The molecule has 0 atom stereocenters. The molecule has 5 nitrogen and oxygen atoms in total. The molecule has 21 heavy (non-hydrogen) atoms. The maximum absolute atomic E-state index is 12.1. The van der Waals surface area contributed by atoms with Crippen molar-refractivity contribution < 1.29 is 14.7 Å². The van der Waals surface area contributed by atoms with Crippen molar-refractivity contribution in [3.8, 4) is 0 Å². The number of anilines is 1. The van der Waals surface area contributed by atoms with Crippen LogP contribution in [0.3, 0.4) is 0 Å². The molecule has 0 unspecified atom stereocenters. The van der Waals surface area contributed by atoms with E-state index in [9.17, 15) is 9.59 Å². The molecule has 0 spiro atoms. The van der Waals surface area contributed by atoms with Gasteiger partial charge < -0.3 is 10.4 Å². The zero-order valence-electron chi connectivity index (χ0n) is 12.9. The van der Waals surface area contributed by atoms with Crippen LogP contribution in [0.5, 0.6) is 0 Å². The number of nitrogens with one attached hydrogen (secondary N) is 1. The number of carbonyl (C=O) groups excluding carboxylic acids is 1. The number of benzene rings is 1. The number of carboxylic acids is 1.